The molecule has 15 heavy (non-hydrogen) atoms. The van der Waals surface area contributed by atoms with Gasteiger partial charge in [0.1, 0.15) is 0 Å². The fraction of sp³-hybridized carbons (Fsp3) is 0.364. The number of hydrogen-bond acceptors (Lipinski definition) is 3. The minimum Gasteiger partial charge on any atom is -0.478 e. The standard InChI is InChI=1S/C11H13NO3/c1-7-2-3-9(11(14)15)10(4-7)12-5-8(13)6-12/h2-4,8,13H,5-6H2,1H3,(H,14,15). The van der Waals surface area contributed by atoms with Crippen LogP contribution in [-0.4, -0.2) is 35.4 Å². The Morgan fingerprint density at radius 1 is 1.47 bits per heavy atom. The van der Waals surface area contributed by atoms with Crippen molar-refractivity contribution in [1.82, 2.24) is 0 Å². The second-order valence-corrected chi connectivity index (χ2v) is 3.88. The summed E-state index contributed by atoms with van der Waals surface area (Å²) in [6.45, 7) is 2.96. The van der Waals surface area contributed by atoms with Crippen LogP contribution in [0.2, 0.25) is 0 Å². The van der Waals surface area contributed by atoms with Crippen LogP contribution in [-0.2, 0) is 0 Å². The number of β-amino-alcohol motifs (C(OH)–C–C–N with tert-alkyl or cyclic N) is 1. The molecule has 2 rings (SSSR count). The first kappa shape index (κ1) is 9.98. The zero-order valence-corrected chi connectivity index (χ0v) is 8.47. The van der Waals surface area contributed by atoms with Gasteiger partial charge < -0.3 is 15.1 Å². The number of aryl methyl sites for hydroxylation is 1. The molecule has 1 fully saturated rings. The van der Waals surface area contributed by atoms with Gasteiger partial charge in [-0.25, -0.2) is 4.79 Å². The highest BCUT2D eigenvalue weighted by Gasteiger charge is 2.27. The van der Waals surface area contributed by atoms with Crippen molar-refractivity contribution in [2.24, 2.45) is 0 Å². The normalized spacial score (nSPS) is 16.3. The van der Waals surface area contributed by atoms with Crippen LogP contribution < -0.4 is 4.90 Å². The van der Waals surface area contributed by atoms with Crippen LogP contribution in [0.1, 0.15) is 15.9 Å². The molecular weight excluding hydrogens is 194 g/mol. The maximum absolute atomic E-state index is 11.0. The number of aliphatic hydroxyl groups is 1. The van der Waals surface area contributed by atoms with Crippen LogP contribution >= 0.6 is 0 Å². The molecule has 1 aromatic rings. The minimum atomic E-state index is -0.925. The summed E-state index contributed by atoms with van der Waals surface area (Å²) in [6.07, 6.45) is -0.327. The number of hydrogen-bond donors (Lipinski definition) is 2. The molecular formula is C11H13NO3. The number of nitrogens with zero attached hydrogens (tertiary/aromatic N) is 1. The van der Waals surface area contributed by atoms with Crippen molar-refractivity contribution in [2.75, 3.05) is 18.0 Å². The molecule has 4 heteroatoms. The summed E-state index contributed by atoms with van der Waals surface area (Å²) < 4.78 is 0. The van der Waals surface area contributed by atoms with Crippen molar-refractivity contribution in [3.63, 3.8) is 0 Å². The molecule has 0 radical (unpaired) electrons. The van der Waals surface area contributed by atoms with E-state index in [2.05, 4.69) is 0 Å². The highest BCUT2D eigenvalue weighted by molar-refractivity contribution is 5.94. The predicted octanol–water partition coefficient (Wildman–Crippen LogP) is 0.874. The van der Waals surface area contributed by atoms with Crippen molar-refractivity contribution >= 4 is 11.7 Å². The molecule has 0 atom stereocenters. The lowest BCUT2D eigenvalue weighted by atomic mass is 10.0. The van der Waals surface area contributed by atoms with Gasteiger partial charge in [-0.3, -0.25) is 0 Å². The average molecular weight is 207 g/mol. The maximum atomic E-state index is 11.0. The second kappa shape index (κ2) is 3.55. The molecule has 80 valence electrons. The van der Waals surface area contributed by atoms with Crippen LogP contribution in [0.15, 0.2) is 18.2 Å². The van der Waals surface area contributed by atoms with E-state index in [1.807, 2.05) is 17.9 Å². The molecule has 1 aromatic carbocycles. The third kappa shape index (κ3) is 1.80. The number of carbonyl (C=O) groups is 1. The van der Waals surface area contributed by atoms with Gasteiger partial charge in [-0.2, -0.15) is 0 Å². The first-order chi connectivity index (χ1) is 7.08. The van der Waals surface area contributed by atoms with E-state index < -0.39 is 5.97 Å². The van der Waals surface area contributed by atoms with E-state index in [1.54, 1.807) is 12.1 Å². The molecule has 1 aliphatic heterocycles. The number of aliphatic hydroxyl groups excluding tert-OH is 1. The zero-order chi connectivity index (χ0) is 11.0. The Kier molecular flexibility index (Phi) is 2.36. The summed E-state index contributed by atoms with van der Waals surface area (Å²) in [4.78, 5) is 12.8. The molecule has 0 spiro atoms. The summed E-state index contributed by atoms with van der Waals surface area (Å²) in [7, 11) is 0. The summed E-state index contributed by atoms with van der Waals surface area (Å²) in [5.74, 6) is -0.925. The third-order valence-corrected chi connectivity index (χ3v) is 2.59. The molecule has 0 aromatic heterocycles. The first-order valence-corrected chi connectivity index (χ1v) is 4.85. The van der Waals surface area contributed by atoms with E-state index in [0.29, 0.717) is 24.3 Å². The minimum absolute atomic E-state index is 0.299. The highest BCUT2D eigenvalue weighted by Crippen LogP contribution is 2.26. The van der Waals surface area contributed by atoms with E-state index in [-0.39, 0.29) is 6.10 Å². The van der Waals surface area contributed by atoms with Crippen LogP contribution in [0.4, 0.5) is 5.69 Å². The Morgan fingerprint density at radius 2 is 2.13 bits per heavy atom. The van der Waals surface area contributed by atoms with Crippen LogP contribution in [0.25, 0.3) is 0 Å². The van der Waals surface area contributed by atoms with Gasteiger partial charge >= 0.3 is 5.97 Å². The Hall–Kier alpha value is -1.55. The van der Waals surface area contributed by atoms with Gasteiger partial charge in [0.05, 0.1) is 17.4 Å². The first-order valence-electron chi connectivity index (χ1n) is 4.85. The topological polar surface area (TPSA) is 60.8 Å². The molecule has 1 saturated heterocycles. The van der Waals surface area contributed by atoms with Gasteiger partial charge in [0, 0.05) is 13.1 Å². The van der Waals surface area contributed by atoms with Crippen LogP contribution in [0.3, 0.4) is 0 Å². The Balaban J connectivity index is 2.35. The van der Waals surface area contributed by atoms with Gasteiger partial charge in [0.2, 0.25) is 0 Å². The molecule has 1 aliphatic rings. The average Bonchev–Trinajstić information content (AvgIpc) is 2.12. The number of carboxylic acid groups (broad SMARTS) is 1. The Labute approximate surface area is 87.8 Å². The molecule has 0 saturated carbocycles. The zero-order valence-electron chi connectivity index (χ0n) is 8.47. The molecule has 0 amide bonds. The number of carboxylic acids is 1. The van der Waals surface area contributed by atoms with E-state index in [0.717, 1.165) is 5.56 Å². The fourth-order valence-electron chi connectivity index (χ4n) is 1.74. The second-order valence-electron chi connectivity index (χ2n) is 3.88. The molecule has 0 aliphatic carbocycles. The van der Waals surface area contributed by atoms with Crippen molar-refractivity contribution in [1.29, 1.82) is 0 Å². The lowest BCUT2D eigenvalue weighted by Gasteiger charge is -2.38. The smallest absolute Gasteiger partial charge is 0.337 e. The van der Waals surface area contributed by atoms with Gasteiger partial charge in [0.15, 0.2) is 0 Å². The summed E-state index contributed by atoms with van der Waals surface area (Å²) >= 11 is 0. The SMILES string of the molecule is Cc1ccc(C(=O)O)c(N2CC(O)C2)c1. The van der Waals surface area contributed by atoms with Gasteiger partial charge in [-0.05, 0) is 24.6 Å². The molecule has 1 heterocycles. The predicted molar refractivity (Wildman–Crippen MR) is 56.4 cm³/mol. The van der Waals surface area contributed by atoms with Crippen molar-refractivity contribution in [3.05, 3.63) is 29.3 Å². The number of benzene rings is 1. The van der Waals surface area contributed by atoms with Crippen LogP contribution in [0, 0.1) is 6.92 Å². The van der Waals surface area contributed by atoms with E-state index in [9.17, 15) is 9.90 Å². The van der Waals surface area contributed by atoms with Crippen molar-refractivity contribution in [2.45, 2.75) is 13.0 Å². The summed E-state index contributed by atoms with van der Waals surface area (Å²) in [5.41, 5.74) is 2.02. The van der Waals surface area contributed by atoms with E-state index >= 15 is 0 Å². The quantitative estimate of drug-likeness (QED) is 0.755. The summed E-state index contributed by atoms with van der Waals surface area (Å²) in [6, 6.07) is 5.23. The Bertz CT molecular complexity index is 397. The molecule has 2 N–H and O–H groups in total. The fourth-order valence-corrected chi connectivity index (χ4v) is 1.74. The monoisotopic (exact) mass is 207 g/mol. The highest BCUT2D eigenvalue weighted by atomic mass is 16.4. The number of rotatable bonds is 2. The molecule has 4 nitrogen and oxygen atoms in total. The van der Waals surface area contributed by atoms with Gasteiger partial charge in [-0.15, -0.1) is 0 Å². The van der Waals surface area contributed by atoms with Crippen molar-refractivity contribution in [3.8, 4) is 0 Å². The van der Waals surface area contributed by atoms with Crippen molar-refractivity contribution < 1.29 is 15.0 Å². The Morgan fingerprint density at radius 3 is 2.67 bits per heavy atom. The lowest BCUT2D eigenvalue weighted by molar-refractivity contribution is 0.0695. The lowest BCUT2D eigenvalue weighted by Crippen LogP contribution is -2.51. The molecule has 0 unspecified atom stereocenters. The van der Waals surface area contributed by atoms with E-state index in [1.165, 1.54) is 0 Å². The third-order valence-electron chi connectivity index (χ3n) is 2.59. The van der Waals surface area contributed by atoms with Gasteiger partial charge in [-0.1, -0.05) is 6.07 Å². The number of anilines is 1. The summed E-state index contributed by atoms with van der Waals surface area (Å²) in [5, 5.41) is 18.2. The largest absolute Gasteiger partial charge is 0.478 e. The van der Waals surface area contributed by atoms with E-state index in [4.69, 9.17) is 5.11 Å². The number of aromatic carboxylic acids is 1. The maximum Gasteiger partial charge on any atom is 0.337 e. The van der Waals surface area contributed by atoms with Crippen LogP contribution in [0.5, 0.6) is 0 Å². The molecule has 0 bridgehead atoms. The van der Waals surface area contributed by atoms with Gasteiger partial charge in [0.25, 0.3) is 0 Å².